The highest BCUT2D eigenvalue weighted by Gasteiger charge is 2.20. The van der Waals surface area contributed by atoms with Crippen molar-refractivity contribution in [2.45, 2.75) is 26.3 Å². The van der Waals surface area contributed by atoms with Gasteiger partial charge in [0.25, 0.3) is 0 Å². The molecule has 0 bridgehead atoms. The number of likely N-dealkylation sites (N-methyl/N-ethyl adjacent to an activating group) is 1. The molecule has 0 aliphatic heterocycles. The molecular formula is C15H24N2O2. The molecular weight excluding hydrogens is 240 g/mol. The lowest BCUT2D eigenvalue weighted by Gasteiger charge is -2.25. The van der Waals surface area contributed by atoms with Crippen LogP contribution in [0.1, 0.15) is 18.9 Å². The molecule has 1 unspecified atom stereocenters. The van der Waals surface area contributed by atoms with Gasteiger partial charge in [0.15, 0.2) is 0 Å². The van der Waals surface area contributed by atoms with Gasteiger partial charge in [0.05, 0.1) is 7.11 Å². The summed E-state index contributed by atoms with van der Waals surface area (Å²) < 4.78 is 4.84. The Morgan fingerprint density at radius 2 is 2.00 bits per heavy atom. The van der Waals surface area contributed by atoms with Gasteiger partial charge in [-0.2, -0.15) is 0 Å². The van der Waals surface area contributed by atoms with E-state index in [2.05, 4.69) is 48.3 Å². The van der Waals surface area contributed by atoms with Crippen molar-refractivity contribution >= 4 is 11.7 Å². The first-order valence-electron chi connectivity index (χ1n) is 6.67. The minimum atomic E-state index is -0.295. The van der Waals surface area contributed by atoms with E-state index < -0.39 is 0 Å². The maximum Gasteiger partial charge on any atom is 0.324 e. The summed E-state index contributed by atoms with van der Waals surface area (Å²) in [5.41, 5.74) is 2.32. The third-order valence-electron chi connectivity index (χ3n) is 3.06. The molecule has 0 aliphatic carbocycles. The van der Waals surface area contributed by atoms with Gasteiger partial charge >= 0.3 is 5.97 Å². The fraction of sp³-hybridized carbons (Fsp3) is 0.533. The number of rotatable bonds is 7. The summed E-state index contributed by atoms with van der Waals surface area (Å²) in [5, 5.41) is 3.22. The van der Waals surface area contributed by atoms with Crippen molar-refractivity contribution in [3.8, 4) is 0 Å². The van der Waals surface area contributed by atoms with E-state index in [0.29, 0.717) is 6.54 Å². The van der Waals surface area contributed by atoms with Crippen LogP contribution in [0.4, 0.5) is 5.69 Å². The minimum Gasteiger partial charge on any atom is -0.468 e. The smallest absolute Gasteiger partial charge is 0.324 e. The largest absolute Gasteiger partial charge is 0.468 e. The third-order valence-corrected chi connectivity index (χ3v) is 3.06. The van der Waals surface area contributed by atoms with E-state index in [0.717, 1.165) is 18.7 Å². The molecule has 0 saturated carbocycles. The van der Waals surface area contributed by atoms with Gasteiger partial charge in [0, 0.05) is 19.3 Å². The number of hydrogen-bond donors (Lipinski definition) is 1. The summed E-state index contributed by atoms with van der Waals surface area (Å²) in [6.45, 7) is 5.53. The Balaban J connectivity index is 2.66. The molecule has 0 saturated heterocycles. The molecule has 4 heteroatoms. The van der Waals surface area contributed by atoms with Gasteiger partial charge in [-0.05, 0) is 32.0 Å². The number of carbonyl (C=O) groups excluding carboxylic acids is 1. The molecule has 0 fully saturated rings. The van der Waals surface area contributed by atoms with Crippen LogP contribution in [0.3, 0.4) is 0 Å². The van der Waals surface area contributed by atoms with Gasteiger partial charge in [-0.25, -0.2) is 0 Å². The number of methoxy groups -OCH3 is 1. The van der Waals surface area contributed by atoms with Crippen LogP contribution >= 0.6 is 0 Å². The molecule has 0 heterocycles. The molecule has 0 spiro atoms. The van der Waals surface area contributed by atoms with Gasteiger partial charge in [-0.3, -0.25) is 4.79 Å². The van der Waals surface area contributed by atoms with Crippen molar-refractivity contribution in [3.05, 3.63) is 29.8 Å². The van der Waals surface area contributed by atoms with E-state index in [-0.39, 0.29) is 12.0 Å². The van der Waals surface area contributed by atoms with Gasteiger partial charge < -0.3 is 15.0 Å². The normalized spacial score (nSPS) is 12.0. The Kier molecular flexibility index (Phi) is 6.36. The molecule has 4 nitrogen and oxygen atoms in total. The quantitative estimate of drug-likeness (QED) is 0.765. The zero-order chi connectivity index (χ0) is 14.3. The van der Waals surface area contributed by atoms with E-state index >= 15 is 0 Å². The molecule has 1 aromatic carbocycles. The van der Waals surface area contributed by atoms with Crippen LogP contribution < -0.4 is 10.2 Å². The number of aryl methyl sites for hydroxylation is 1. The number of anilines is 1. The summed E-state index contributed by atoms with van der Waals surface area (Å²) >= 11 is 0. The summed E-state index contributed by atoms with van der Waals surface area (Å²) in [7, 11) is 3.41. The lowest BCUT2D eigenvalue weighted by molar-refractivity contribution is -0.142. The number of nitrogens with zero attached hydrogens (tertiary/aromatic N) is 1. The minimum absolute atomic E-state index is 0.215. The van der Waals surface area contributed by atoms with Crippen LogP contribution in [-0.2, 0) is 9.53 Å². The van der Waals surface area contributed by atoms with Crippen LogP contribution in [0.15, 0.2) is 24.3 Å². The standard InChI is InChI=1S/C15H24N2O2/c1-5-10-16-14(15(18)19-4)11-17(3)13-8-6-12(2)7-9-13/h6-9,14,16H,5,10-11H2,1-4H3. The van der Waals surface area contributed by atoms with Crippen LogP contribution in [0.2, 0.25) is 0 Å². The van der Waals surface area contributed by atoms with E-state index in [4.69, 9.17) is 4.74 Å². The molecule has 0 radical (unpaired) electrons. The third kappa shape index (κ3) is 4.91. The first kappa shape index (κ1) is 15.5. The van der Waals surface area contributed by atoms with Crippen molar-refractivity contribution in [1.82, 2.24) is 5.32 Å². The highest BCUT2D eigenvalue weighted by atomic mass is 16.5. The number of esters is 1. The second-order valence-corrected chi connectivity index (χ2v) is 4.75. The summed E-state index contributed by atoms with van der Waals surface area (Å²) in [5.74, 6) is -0.215. The topological polar surface area (TPSA) is 41.6 Å². The maximum absolute atomic E-state index is 11.7. The number of ether oxygens (including phenoxy) is 1. The molecule has 1 rings (SSSR count). The first-order chi connectivity index (χ1) is 9.08. The second-order valence-electron chi connectivity index (χ2n) is 4.75. The van der Waals surface area contributed by atoms with Crippen molar-refractivity contribution in [1.29, 1.82) is 0 Å². The number of nitrogens with one attached hydrogen (secondary N) is 1. The van der Waals surface area contributed by atoms with Crippen molar-refractivity contribution in [3.63, 3.8) is 0 Å². The zero-order valence-corrected chi connectivity index (χ0v) is 12.3. The molecule has 106 valence electrons. The molecule has 1 atom stereocenters. The van der Waals surface area contributed by atoms with Crippen LogP contribution in [0.5, 0.6) is 0 Å². The Morgan fingerprint density at radius 1 is 1.37 bits per heavy atom. The highest BCUT2D eigenvalue weighted by molar-refractivity contribution is 5.76. The second kappa shape index (κ2) is 7.79. The van der Waals surface area contributed by atoms with E-state index in [1.54, 1.807) is 0 Å². The van der Waals surface area contributed by atoms with Crippen molar-refractivity contribution < 1.29 is 9.53 Å². The summed E-state index contributed by atoms with van der Waals surface area (Å²) in [4.78, 5) is 13.8. The van der Waals surface area contributed by atoms with Gasteiger partial charge in [0.2, 0.25) is 0 Å². The van der Waals surface area contributed by atoms with Crippen LogP contribution in [0.25, 0.3) is 0 Å². The predicted octanol–water partition coefficient (Wildman–Crippen LogP) is 1.97. The Hall–Kier alpha value is -1.55. The lowest BCUT2D eigenvalue weighted by Crippen LogP contribution is -2.46. The molecule has 1 aromatic rings. The average molecular weight is 264 g/mol. The zero-order valence-electron chi connectivity index (χ0n) is 12.3. The molecule has 0 amide bonds. The van der Waals surface area contributed by atoms with E-state index in [1.165, 1.54) is 12.7 Å². The Bertz CT molecular complexity index is 390. The van der Waals surface area contributed by atoms with Gasteiger partial charge in [-0.1, -0.05) is 24.6 Å². The Labute approximate surface area is 115 Å². The van der Waals surface area contributed by atoms with Crippen LogP contribution in [0, 0.1) is 6.92 Å². The Morgan fingerprint density at radius 3 is 2.53 bits per heavy atom. The van der Waals surface area contributed by atoms with Crippen LogP contribution in [-0.4, -0.2) is 39.3 Å². The molecule has 0 aliphatic rings. The molecule has 0 aromatic heterocycles. The summed E-state index contributed by atoms with van der Waals surface area (Å²) in [6, 6.07) is 7.96. The highest BCUT2D eigenvalue weighted by Crippen LogP contribution is 2.13. The summed E-state index contributed by atoms with van der Waals surface area (Å²) in [6.07, 6.45) is 0.988. The number of benzene rings is 1. The van der Waals surface area contributed by atoms with E-state index in [1.807, 2.05) is 7.05 Å². The fourth-order valence-corrected chi connectivity index (χ4v) is 1.86. The van der Waals surface area contributed by atoms with Crippen molar-refractivity contribution in [2.75, 3.05) is 32.1 Å². The molecule has 1 N–H and O–H groups in total. The number of carbonyl (C=O) groups is 1. The van der Waals surface area contributed by atoms with Gasteiger partial charge in [-0.15, -0.1) is 0 Å². The van der Waals surface area contributed by atoms with E-state index in [9.17, 15) is 4.79 Å². The lowest BCUT2D eigenvalue weighted by atomic mass is 10.2. The maximum atomic E-state index is 11.7. The first-order valence-corrected chi connectivity index (χ1v) is 6.67. The number of hydrogen-bond acceptors (Lipinski definition) is 4. The monoisotopic (exact) mass is 264 g/mol. The SMILES string of the molecule is CCCNC(CN(C)c1ccc(C)cc1)C(=O)OC. The average Bonchev–Trinajstić information content (AvgIpc) is 2.43. The van der Waals surface area contributed by atoms with Gasteiger partial charge in [0.1, 0.15) is 6.04 Å². The fourth-order valence-electron chi connectivity index (χ4n) is 1.86. The van der Waals surface area contributed by atoms with Crippen molar-refractivity contribution in [2.24, 2.45) is 0 Å². The predicted molar refractivity (Wildman–Crippen MR) is 78.5 cm³/mol. The molecule has 19 heavy (non-hydrogen) atoms.